The smallest absolute Gasteiger partial charge is 0.127 e. The molecule has 0 saturated heterocycles. The summed E-state index contributed by atoms with van der Waals surface area (Å²) in [6.07, 6.45) is 1.89. The lowest BCUT2D eigenvalue weighted by Crippen LogP contribution is -2.18. The van der Waals surface area contributed by atoms with Crippen LogP contribution in [-0.2, 0) is 6.54 Å². The monoisotopic (exact) mass is 297 g/mol. The van der Waals surface area contributed by atoms with Crippen LogP contribution >= 0.6 is 11.8 Å². The Morgan fingerprint density at radius 2 is 1.85 bits per heavy atom. The Balaban J connectivity index is 0.000000621. The number of thioether (sulfide) groups is 1. The molecule has 112 valence electrons. The second-order valence-electron chi connectivity index (χ2n) is 3.73. The predicted molar refractivity (Wildman–Crippen MR) is 86.6 cm³/mol. The molecule has 20 heavy (non-hydrogen) atoms. The number of nitrogens with one attached hydrogen (secondary N) is 1. The van der Waals surface area contributed by atoms with E-state index in [4.69, 9.17) is 20.9 Å². The lowest BCUT2D eigenvalue weighted by atomic mass is 10.2. The molecule has 0 aliphatic heterocycles. The van der Waals surface area contributed by atoms with Crippen LogP contribution in [0, 0.1) is 0 Å². The van der Waals surface area contributed by atoms with Crippen molar-refractivity contribution < 1.29 is 9.47 Å². The van der Waals surface area contributed by atoms with Gasteiger partial charge in [-0.15, -0.1) is 11.8 Å². The Hall–Kier alpha value is -1.95. The van der Waals surface area contributed by atoms with Crippen molar-refractivity contribution >= 4 is 11.8 Å². The highest BCUT2D eigenvalue weighted by atomic mass is 32.2. The molecule has 0 radical (unpaired) electrons. The first-order chi connectivity index (χ1) is 9.44. The highest BCUT2D eigenvalue weighted by molar-refractivity contribution is 8.02. The van der Waals surface area contributed by atoms with Crippen molar-refractivity contribution in [2.24, 2.45) is 11.5 Å². The molecule has 0 saturated carbocycles. The molecular formula is C14H23N3O2S. The molecule has 0 fully saturated rings. The Bertz CT molecular complexity index is 450. The molecule has 0 bridgehead atoms. The van der Waals surface area contributed by atoms with Gasteiger partial charge in [-0.3, -0.25) is 0 Å². The first-order valence-electron chi connectivity index (χ1n) is 5.82. The maximum absolute atomic E-state index is 5.42. The standard InChI is InChI=1S/C11H16N2O2.C3H7NS/c1-8(12)13-7-9-4-5-10(14-2)6-11(9)15-3;1-3(4)5-2/h4-6,13H,1,7,12H2,2-3H3;1,4H2,2H3. The molecule has 1 rings (SSSR count). The van der Waals surface area contributed by atoms with Crippen LogP contribution < -0.4 is 26.3 Å². The SMILES string of the molecule is C=C(N)NCc1ccc(OC)cc1OC.C=C(N)SC. The fraction of sp³-hybridized carbons (Fsp3) is 0.286. The van der Waals surface area contributed by atoms with Crippen molar-refractivity contribution in [2.75, 3.05) is 20.5 Å². The summed E-state index contributed by atoms with van der Waals surface area (Å²) in [4.78, 5) is 0. The topological polar surface area (TPSA) is 82.5 Å². The molecule has 1 aromatic rings. The van der Waals surface area contributed by atoms with E-state index in [-0.39, 0.29) is 0 Å². The van der Waals surface area contributed by atoms with Crippen LogP contribution in [0.15, 0.2) is 42.2 Å². The lowest BCUT2D eigenvalue weighted by Gasteiger charge is -2.11. The zero-order valence-corrected chi connectivity index (χ0v) is 13.0. The Morgan fingerprint density at radius 3 is 2.25 bits per heavy atom. The lowest BCUT2D eigenvalue weighted by molar-refractivity contribution is 0.390. The number of methoxy groups -OCH3 is 2. The zero-order valence-electron chi connectivity index (χ0n) is 12.2. The molecule has 5 N–H and O–H groups in total. The van der Waals surface area contributed by atoms with Gasteiger partial charge in [0.2, 0.25) is 0 Å². The summed E-state index contributed by atoms with van der Waals surface area (Å²) in [5.41, 5.74) is 11.5. The van der Waals surface area contributed by atoms with Crippen molar-refractivity contribution in [2.45, 2.75) is 6.54 Å². The maximum atomic E-state index is 5.42. The minimum Gasteiger partial charge on any atom is -0.497 e. The third-order valence-corrected chi connectivity index (χ3v) is 2.79. The van der Waals surface area contributed by atoms with Crippen LogP contribution in [0.25, 0.3) is 0 Å². The molecule has 0 heterocycles. The van der Waals surface area contributed by atoms with Gasteiger partial charge in [-0.05, 0) is 18.4 Å². The van der Waals surface area contributed by atoms with Gasteiger partial charge in [0, 0.05) is 18.2 Å². The van der Waals surface area contributed by atoms with Crippen molar-refractivity contribution in [3.63, 3.8) is 0 Å². The van der Waals surface area contributed by atoms with Gasteiger partial charge >= 0.3 is 0 Å². The molecule has 0 unspecified atom stereocenters. The Kier molecular flexibility index (Phi) is 8.95. The second kappa shape index (κ2) is 9.91. The summed E-state index contributed by atoms with van der Waals surface area (Å²) in [7, 11) is 3.24. The van der Waals surface area contributed by atoms with Crippen molar-refractivity contribution in [1.82, 2.24) is 5.32 Å². The van der Waals surface area contributed by atoms with Crippen LogP contribution in [0.4, 0.5) is 0 Å². The van der Waals surface area contributed by atoms with Crippen molar-refractivity contribution in [1.29, 1.82) is 0 Å². The number of nitrogens with two attached hydrogens (primary N) is 2. The Labute approximate surface area is 125 Å². The molecule has 0 spiro atoms. The normalized spacial score (nSPS) is 8.95. The van der Waals surface area contributed by atoms with E-state index in [0.717, 1.165) is 17.1 Å². The van der Waals surface area contributed by atoms with Gasteiger partial charge in [0.1, 0.15) is 11.5 Å². The molecule has 0 aliphatic carbocycles. The molecule has 0 atom stereocenters. The number of hydrogen-bond acceptors (Lipinski definition) is 6. The van der Waals surface area contributed by atoms with Gasteiger partial charge in [-0.25, -0.2) is 0 Å². The molecule has 0 aromatic heterocycles. The number of rotatable bonds is 6. The number of hydrogen-bond donors (Lipinski definition) is 3. The molecular weight excluding hydrogens is 274 g/mol. The van der Waals surface area contributed by atoms with E-state index in [0.29, 0.717) is 17.4 Å². The third kappa shape index (κ3) is 7.48. The predicted octanol–water partition coefficient (Wildman–Crippen LogP) is 2.00. The molecule has 1 aromatic carbocycles. The third-order valence-electron chi connectivity index (χ3n) is 2.26. The highest BCUT2D eigenvalue weighted by Gasteiger charge is 2.04. The van der Waals surface area contributed by atoms with Gasteiger partial charge in [0.05, 0.1) is 25.1 Å². The average Bonchev–Trinajstić information content (AvgIpc) is 2.45. The van der Waals surface area contributed by atoms with E-state index in [2.05, 4.69) is 18.5 Å². The maximum Gasteiger partial charge on any atom is 0.127 e. The first kappa shape index (κ1) is 18.0. The Morgan fingerprint density at radius 1 is 1.25 bits per heavy atom. The van der Waals surface area contributed by atoms with Crippen LogP contribution in [0.2, 0.25) is 0 Å². The number of ether oxygens (including phenoxy) is 2. The highest BCUT2D eigenvalue weighted by Crippen LogP contribution is 2.24. The van der Waals surface area contributed by atoms with Gasteiger partial charge in [-0.1, -0.05) is 13.2 Å². The molecule has 0 amide bonds. The fourth-order valence-electron chi connectivity index (χ4n) is 1.21. The van der Waals surface area contributed by atoms with E-state index < -0.39 is 0 Å². The van der Waals surface area contributed by atoms with E-state index in [1.54, 1.807) is 14.2 Å². The van der Waals surface area contributed by atoms with Crippen molar-refractivity contribution in [3.05, 3.63) is 47.8 Å². The van der Waals surface area contributed by atoms with E-state index in [9.17, 15) is 0 Å². The average molecular weight is 297 g/mol. The van der Waals surface area contributed by atoms with Gasteiger partial charge in [0.15, 0.2) is 0 Å². The molecule has 5 nitrogen and oxygen atoms in total. The van der Waals surface area contributed by atoms with Gasteiger partial charge in [0.25, 0.3) is 0 Å². The van der Waals surface area contributed by atoms with E-state index in [1.165, 1.54) is 11.8 Å². The van der Waals surface area contributed by atoms with Crippen LogP contribution in [0.3, 0.4) is 0 Å². The largest absolute Gasteiger partial charge is 0.497 e. The van der Waals surface area contributed by atoms with Crippen LogP contribution in [-0.4, -0.2) is 20.5 Å². The zero-order chi connectivity index (χ0) is 15.5. The summed E-state index contributed by atoms with van der Waals surface area (Å²) >= 11 is 1.46. The molecule has 0 aliphatic rings. The fourth-order valence-corrected chi connectivity index (χ4v) is 1.21. The van der Waals surface area contributed by atoms with Crippen LogP contribution in [0.1, 0.15) is 5.56 Å². The second-order valence-corrected chi connectivity index (χ2v) is 4.66. The van der Waals surface area contributed by atoms with E-state index in [1.807, 2.05) is 24.5 Å². The summed E-state index contributed by atoms with van der Waals surface area (Å²) in [6, 6.07) is 5.63. The summed E-state index contributed by atoms with van der Waals surface area (Å²) < 4.78 is 10.3. The number of benzene rings is 1. The van der Waals surface area contributed by atoms with Gasteiger partial charge in [-0.2, -0.15) is 0 Å². The van der Waals surface area contributed by atoms with Crippen molar-refractivity contribution in [3.8, 4) is 11.5 Å². The van der Waals surface area contributed by atoms with Gasteiger partial charge < -0.3 is 26.3 Å². The van der Waals surface area contributed by atoms with Crippen LogP contribution in [0.5, 0.6) is 11.5 Å². The quantitative estimate of drug-likeness (QED) is 0.745. The summed E-state index contributed by atoms with van der Waals surface area (Å²) in [6.45, 7) is 7.56. The first-order valence-corrected chi connectivity index (χ1v) is 7.04. The summed E-state index contributed by atoms with van der Waals surface area (Å²) in [5.74, 6) is 1.97. The molecule has 6 heteroatoms. The minimum absolute atomic E-state index is 0.438. The summed E-state index contributed by atoms with van der Waals surface area (Å²) in [5, 5.41) is 3.61. The minimum atomic E-state index is 0.438. The van der Waals surface area contributed by atoms with E-state index >= 15 is 0 Å².